The number of hydrogen-bond donors (Lipinski definition) is 2. The predicted octanol–water partition coefficient (Wildman–Crippen LogP) is 0.500. The molecule has 2 aliphatic rings. The van der Waals surface area contributed by atoms with Crippen LogP contribution in [-0.4, -0.2) is 43.3 Å². The number of nitrogens with one attached hydrogen (secondary N) is 1. The van der Waals surface area contributed by atoms with Crippen LogP contribution in [0.15, 0.2) is 0 Å². The lowest BCUT2D eigenvalue weighted by atomic mass is 10.1. The third-order valence-electron chi connectivity index (χ3n) is 3.32. The summed E-state index contributed by atoms with van der Waals surface area (Å²) in [5, 5.41) is 12.6. The molecule has 2 N–H and O–H groups in total. The van der Waals surface area contributed by atoms with Crippen LogP contribution in [0.1, 0.15) is 26.7 Å². The van der Waals surface area contributed by atoms with Crippen molar-refractivity contribution in [2.75, 3.05) is 26.4 Å². The zero-order valence-corrected chi connectivity index (χ0v) is 9.58. The van der Waals surface area contributed by atoms with E-state index in [-0.39, 0.29) is 11.5 Å². The largest absolute Gasteiger partial charge is 0.396 e. The Morgan fingerprint density at radius 2 is 1.87 bits per heavy atom. The molecular formula is C11H21NO3. The van der Waals surface area contributed by atoms with Crippen molar-refractivity contribution in [2.45, 2.75) is 38.5 Å². The lowest BCUT2D eigenvalue weighted by Gasteiger charge is -2.35. The van der Waals surface area contributed by atoms with Crippen LogP contribution in [0, 0.1) is 5.41 Å². The number of rotatable bonds is 4. The van der Waals surface area contributed by atoms with Crippen molar-refractivity contribution in [2.24, 2.45) is 5.41 Å². The van der Waals surface area contributed by atoms with Gasteiger partial charge < -0.3 is 19.9 Å². The van der Waals surface area contributed by atoms with Gasteiger partial charge in [0.1, 0.15) is 0 Å². The van der Waals surface area contributed by atoms with Crippen LogP contribution < -0.4 is 5.32 Å². The molecule has 4 nitrogen and oxygen atoms in total. The molecule has 4 heteroatoms. The summed E-state index contributed by atoms with van der Waals surface area (Å²) in [7, 11) is 0. The Bertz CT molecular complexity index is 216. The molecule has 1 saturated carbocycles. The monoisotopic (exact) mass is 215 g/mol. The fraction of sp³-hybridized carbons (Fsp3) is 1.00. The van der Waals surface area contributed by atoms with Gasteiger partial charge in [0.2, 0.25) is 0 Å². The first-order chi connectivity index (χ1) is 7.05. The first kappa shape index (κ1) is 11.3. The topological polar surface area (TPSA) is 50.7 Å². The number of aliphatic hydroxyl groups is 1. The Balaban J connectivity index is 1.69. The molecule has 1 heterocycles. The van der Waals surface area contributed by atoms with Crippen LogP contribution in [0.5, 0.6) is 0 Å². The molecule has 0 unspecified atom stereocenters. The van der Waals surface area contributed by atoms with Gasteiger partial charge in [-0.15, -0.1) is 0 Å². The van der Waals surface area contributed by atoms with Gasteiger partial charge in [0.15, 0.2) is 5.79 Å². The van der Waals surface area contributed by atoms with E-state index in [1.807, 2.05) is 13.8 Å². The third kappa shape index (κ3) is 2.91. The zero-order valence-electron chi connectivity index (χ0n) is 9.58. The van der Waals surface area contributed by atoms with Crippen molar-refractivity contribution in [3.63, 3.8) is 0 Å². The van der Waals surface area contributed by atoms with Gasteiger partial charge >= 0.3 is 0 Å². The van der Waals surface area contributed by atoms with E-state index >= 15 is 0 Å². The minimum Gasteiger partial charge on any atom is -0.396 e. The summed E-state index contributed by atoms with van der Waals surface area (Å²) in [6, 6.07) is 0.266. The standard InChI is InChI=1S/C11H21NO3/c1-10(2)14-5-9(6-15-10)12-7-11(8-13)3-4-11/h9,12-13H,3-8H2,1-2H3. The summed E-state index contributed by atoms with van der Waals surface area (Å²) in [5.74, 6) is -0.438. The quantitative estimate of drug-likeness (QED) is 0.717. The van der Waals surface area contributed by atoms with Crippen molar-refractivity contribution in [1.29, 1.82) is 0 Å². The summed E-state index contributed by atoms with van der Waals surface area (Å²) >= 11 is 0. The highest BCUT2D eigenvalue weighted by atomic mass is 16.7. The molecule has 0 spiro atoms. The molecule has 1 aliphatic carbocycles. The highest BCUT2D eigenvalue weighted by Crippen LogP contribution is 2.44. The molecule has 0 aromatic carbocycles. The number of aliphatic hydroxyl groups excluding tert-OH is 1. The van der Waals surface area contributed by atoms with E-state index in [9.17, 15) is 0 Å². The second kappa shape index (κ2) is 4.01. The van der Waals surface area contributed by atoms with Crippen molar-refractivity contribution >= 4 is 0 Å². The average Bonchev–Trinajstić information content (AvgIpc) is 2.97. The molecule has 0 amide bonds. The Labute approximate surface area is 90.9 Å². The molecule has 0 atom stereocenters. The van der Waals surface area contributed by atoms with Crippen LogP contribution in [0.25, 0.3) is 0 Å². The Morgan fingerprint density at radius 1 is 1.27 bits per heavy atom. The highest BCUT2D eigenvalue weighted by molar-refractivity contribution is 4.95. The Kier molecular flexibility index (Phi) is 3.03. The normalized spacial score (nSPS) is 29.0. The SMILES string of the molecule is CC1(C)OCC(NCC2(CO)CC2)CO1. The van der Waals surface area contributed by atoms with E-state index < -0.39 is 5.79 Å². The summed E-state index contributed by atoms with van der Waals surface area (Å²) in [6.45, 7) is 6.41. The van der Waals surface area contributed by atoms with Crippen LogP contribution in [0.2, 0.25) is 0 Å². The molecule has 0 radical (unpaired) electrons. The third-order valence-corrected chi connectivity index (χ3v) is 3.32. The maximum atomic E-state index is 9.17. The van der Waals surface area contributed by atoms with E-state index in [1.165, 1.54) is 0 Å². The fourth-order valence-electron chi connectivity index (χ4n) is 1.74. The van der Waals surface area contributed by atoms with Gasteiger partial charge in [-0.3, -0.25) is 0 Å². The Hall–Kier alpha value is -0.160. The molecule has 0 aromatic rings. The maximum Gasteiger partial charge on any atom is 0.162 e. The predicted molar refractivity (Wildman–Crippen MR) is 56.5 cm³/mol. The second-order valence-corrected chi connectivity index (χ2v) is 5.26. The van der Waals surface area contributed by atoms with Crippen molar-refractivity contribution in [1.82, 2.24) is 5.32 Å². The fourth-order valence-corrected chi connectivity index (χ4v) is 1.74. The van der Waals surface area contributed by atoms with Crippen molar-refractivity contribution < 1.29 is 14.6 Å². The van der Waals surface area contributed by atoms with Crippen molar-refractivity contribution in [3.05, 3.63) is 0 Å². The zero-order chi connectivity index (χ0) is 10.9. The van der Waals surface area contributed by atoms with E-state index in [0.29, 0.717) is 19.8 Å². The maximum absolute atomic E-state index is 9.17. The molecular weight excluding hydrogens is 194 g/mol. The van der Waals surface area contributed by atoms with Gasteiger partial charge in [-0.05, 0) is 26.7 Å². The molecule has 2 rings (SSSR count). The summed E-state index contributed by atoms with van der Waals surface area (Å²) in [5.41, 5.74) is 0.160. The summed E-state index contributed by atoms with van der Waals surface area (Å²) in [4.78, 5) is 0. The number of ether oxygens (including phenoxy) is 2. The van der Waals surface area contributed by atoms with Gasteiger partial charge in [0.05, 0.1) is 19.3 Å². The van der Waals surface area contributed by atoms with Crippen LogP contribution in [0.4, 0.5) is 0 Å². The first-order valence-electron chi connectivity index (χ1n) is 5.67. The molecule has 2 fully saturated rings. The van der Waals surface area contributed by atoms with Gasteiger partial charge in [-0.2, -0.15) is 0 Å². The smallest absolute Gasteiger partial charge is 0.162 e. The Morgan fingerprint density at radius 3 is 2.33 bits per heavy atom. The van der Waals surface area contributed by atoms with E-state index in [0.717, 1.165) is 19.4 Å². The highest BCUT2D eigenvalue weighted by Gasteiger charge is 2.42. The average molecular weight is 215 g/mol. The molecule has 15 heavy (non-hydrogen) atoms. The summed E-state index contributed by atoms with van der Waals surface area (Å²) in [6.07, 6.45) is 2.27. The minimum absolute atomic E-state index is 0.160. The van der Waals surface area contributed by atoms with E-state index in [2.05, 4.69) is 5.32 Å². The van der Waals surface area contributed by atoms with Crippen LogP contribution >= 0.6 is 0 Å². The van der Waals surface area contributed by atoms with Gasteiger partial charge in [0.25, 0.3) is 0 Å². The molecule has 88 valence electrons. The van der Waals surface area contributed by atoms with Gasteiger partial charge in [-0.1, -0.05) is 0 Å². The van der Waals surface area contributed by atoms with Gasteiger partial charge in [0, 0.05) is 18.6 Å². The molecule has 1 saturated heterocycles. The van der Waals surface area contributed by atoms with Crippen LogP contribution in [-0.2, 0) is 9.47 Å². The van der Waals surface area contributed by atoms with Crippen LogP contribution in [0.3, 0.4) is 0 Å². The first-order valence-corrected chi connectivity index (χ1v) is 5.67. The lowest BCUT2D eigenvalue weighted by Crippen LogP contribution is -2.50. The molecule has 0 aromatic heterocycles. The molecule has 1 aliphatic heterocycles. The minimum atomic E-state index is -0.438. The number of hydrogen-bond acceptors (Lipinski definition) is 4. The van der Waals surface area contributed by atoms with Crippen molar-refractivity contribution in [3.8, 4) is 0 Å². The molecule has 0 bridgehead atoms. The second-order valence-electron chi connectivity index (χ2n) is 5.26. The van der Waals surface area contributed by atoms with Gasteiger partial charge in [-0.25, -0.2) is 0 Å². The lowest BCUT2D eigenvalue weighted by molar-refractivity contribution is -0.253. The van der Waals surface area contributed by atoms with E-state index in [4.69, 9.17) is 14.6 Å². The summed E-state index contributed by atoms with van der Waals surface area (Å²) < 4.78 is 11.1. The van der Waals surface area contributed by atoms with E-state index in [1.54, 1.807) is 0 Å².